The number of halogens is 1. The van der Waals surface area contributed by atoms with Crippen molar-refractivity contribution in [1.29, 1.82) is 5.26 Å². The number of carbonyl (C=O) groups is 2. The van der Waals surface area contributed by atoms with Crippen LogP contribution in [0.5, 0.6) is 0 Å². The molecule has 1 aromatic heterocycles. The zero-order valence-corrected chi connectivity index (χ0v) is 16.3. The summed E-state index contributed by atoms with van der Waals surface area (Å²) in [6, 6.07) is 15.5. The average molecular weight is 412 g/mol. The third-order valence-electron chi connectivity index (χ3n) is 3.72. The van der Waals surface area contributed by atoms with Crippen LogP contribution in [0.15, 0.2) is 53.9 Å². The second-order valence-corrected chi connectivity index (χ2v) is 7.07. The highest BCUT2D eigenvalue weighted by Gasteiger charge is 2.21. The molecule has 0 saturated carbocycles. The zero-order chi connectivity index (χ0) is 20.1. The first-order valence-corrected chi connectivity index (χ1v) is 9.45. The molecular weight excluding hydrogens is 398 g/mol. The summed E-state index contributed by atoms with van der Waals surface area (Å²) >= 11 is 7.26. The highest BCUT2D eigenvalue weighted by atomic mass is 35.5. The summed E-state index contributed by atoms with van der Waals surface area (Å²) in [6.07, 6.45) is -1.01. The summed E-state index contributed by atoms with van der Waals surface area (Å²) in [5.41, 5.74) is 1.90. The lowest BCUT2D eigenvalue weighted by molar-refractivity contribution is -0.123. The Balaban J connectivity index is 1.62. The smallest absolute Gasteiger partial charge is 0.358 e. The number of ether oxygens (including phenoxy) is 1. The second kappa shape index (κ2) is 8.65. The summed E-state index contributed by atoms with van der Waals surface area (Å²) in [5, 5.41) is 14.2. The predicted molar refractivity (Wildman–Crippen MR) is 107 cm³/mol. The Hall–Kier alpha value is -3.21. The van der Waals surface area contributed by atoms with Gasteiger partial charge in [-0.25, -0.2) is 9.78 Å². The monoisotopic (exact) mass is 411 g/mol. The molecule has 2 aromatic carbocycles. The maximum Gasteiger partial charge on any atom is 0.358 e. The molecule has 0 unspecified atom stereocenters. The van der Waals surface area contributed by atoms with E-state index in [-0.39, 0.29) is 5.69 Å². The first-order chi connectivity index (χ1) is 13.5. The van der Waals surface area contributed by atoms with Gasteiger partial charge in [-0.05, 0) is 43.3 Å². The number of carbonyl (C=O) groups excluding carboxylic acids is 2. The molecule has 0 bridgehead atoms. The van der Waals surface area contributed by atoms with Crippen molar-refractivity contribution in [2.75, 3.05) is 5.32 Å². The largest absolute Gasteiger partial charge is 0.448 e. The number of nitriles is 1. The minimum Gasteiger partial charge on any atom is -0.448 e. The van der Waals surface area contributed by atoms with Gasteiger partial charge in [0, 0.05) is 21.7 Å². The van der Waals surface area contributed by atoms with E-state index in [9.17, 15) is 9.59 Å². The second-order valence-electron chi connectivity index (χ2n) is 5.77. The Morgan fingerprint density at radius 1 is 1.25 bits per heavy atom. The highest BCUT2D eigenvalue weighted by Crippen LogP contribution is 2.26. The topological polar surface area (TPSA) is 92.1 Å². The quantitative estimate of drug-likeness (QED) is 0.623. The van der Waals surface area contributed by atoms with E-state index in [0.717, 1.165) is 5.56 Å². The van der Waals surface area contributed by atoms with Crippen LogP contribution in [0, 0.1) is 11.3 Å². The number of benzene rings is 2. The number of thiazole rings is 1. The van der Waals surface area contributed by atoms with E-state index in [0.29, 0.717) is 21.3 Å². The first kappa shape index (κ1) is 19.5. The number of aromatic nitrogens is 1. The Morgan fingerprint density at radius 2 is 2.00 bits per heavy atom. The van der Waals surface area contributed by atoms with Crippen molar-refractivity contribution >= 4 is 40.5 Å². The molecule has 0 fully saturated rings. The Labute approximate surface area is 170 Å². The summed E-state index contributed by atoms with van der Waals surface area (Å²) in [5.74, 6) is -1.17. The molecule has 0 radical (unpaired) electrons. The average Bonchev–Trinajstić information content (AvgIpc) is 3.19. The molecule has 1 heterocycles. The number of anilines is 1. The molecule has 140 valence electrons. The van der Waals surface area contributed by atoms with Gasteiger partial charge in [0.2, 0.25) is 0 Å². The van der Waals surface area contributed by atoms with Crippen LogP contribution >= 0.6 is 22.9 Å². The van der Waals surface area contributed by atoms with Crippen LogP contribution in [-0.2, 0) is 9.53 Å². The molecule has 3 rings (SSSR count). The number of nitrogens with zero attached hydrogens (tertiary/aromatic N) is 2. The molecule has 0 spiro atoms. The van der Waals surface area contributed by atoms with Crippen LogP contribution in [0.1, 0.15) is 23.0 Å². The van der Waals surface area contributed by atoms with Crippen molar-refractivity contribution in [2.24, 2.45) is 0 Å². The van der Waals surface area contributed by atoms with Gasteiger partial charge in [0.1, 0.15) is 5.01 Å². The molecule has 3 aromatic rings. The van der Waals surface area contributed by atoms with E-state index in [4.69, 9.17) is 21.6 Å². The molecule has 0 aliphatic heterocycles. The fraction of sp³-hybridized carbons (Fsp3) is 0.100. The summed E-state index contributed by atoms with van der Waals surface area (Å²) < 4.78 is 5.20. The maximum atomic E-state index is 12.3. The van der Waals surface area contributed by atoms with Crippen molar-refractivity contribution < 1.29 is 14.3 Å². The van der Waals surface area contributed by atoms with Gasteiger partial charge in [-0.2, -0.15) is 5.26 Å². The number of esters is 1. The molecule has 1 N–H and O–H groups in total. The van der Waals surface area contributed by atoms with E-state index in [1.807, 2.05) is 12.1 Å². The third kappa shape index (κ3) is 4.74. The summed E-state index contributed by atoms with van der Waals surface area (Å²) in [7, 11) is 0. The van der Waals surface area contributed by atoms with Crippen LogP contribution in [0.3, 0.4) is 0 Å². The molecule has 0 aliphatic rings. The summed E-state index contributed by atoms with van der Waals surface area (Å²) in [6.45, 7) is 1.47. The van der Waals surface area contributed by atoms with E-state index < -0.39 is 18.0 Å². The molecule has 28 heavy (non-hydrogen) atoms. The predicted octanol–water partition coefficient (Wildman–Crippen LogP) is 4.52. The normalized spacial score (nSPS) is 11.3. The molecule has 8 heteroatoms. The van der Waals surface area contributed by atoms with Gasteiger partial charge in [-0.1, -0.05) is 23.7 Å². The Morgan fingerprint density at radius 3 is 2.68 bits per heavy atom. The van der Waals surface area contributed by atoms with Crippen molar-refractivity contribution in [1.82, 2.24) is 4.98 Å². The van der Waals surface area contributed by atoms with Crippen LogP contribution < -0.4 is 5.32 Å². The third-order valence-corrected chi connectivity index (χ3v) is 4.85. The minimum atomic E-state index is -1.01. The van der Waals surface area contributed by atoms with Gasteiger partial charge in [-0.3, -0.25) is 4.79 Å². The van der Waals surface area contributed by atoms with E-state index in [1.54, 1.807) is 47.8 Å². The van der Waals surface area contributed by atoms with Crippen molar-refractivity contribution in [3.63, 3.8) is 0 Å². The molecular formula is C20H14ClN3O3S. The molecule has 1 amide bonds. The molecule has 6 nitrogen and oxygen atoms in total. The van der Waals surface area contributed by atoms with Gasteiger partial charge in [0.05, 0.1) is 11.6 Å². The van der Waals surface area contributed by atoms with Gasteiger partial charge in [-0.15, -0.1) is 11.3 Å². The number of nitrogens with one attached hydrogen (secondary N) is 1. The Bertz CT molecular complexity index is 1060. The zero-order valence-electron chi connectivity index (χ0n) is 14.7. The summed E-state index contributed by atoms with van der Waals surface area (Å²) in [4.78, 5) is 28.8. The fourth-order valence-electron chi connectivity index (χ4n) is 2.27. The van der Waals surface area contributed by atoms with Gasteiger partial charge in [0.15, 0.2) is 11.8 Å². The SMILES string of the molecule is C[C@H](OC(=O)c1csc(-c2cccc(Cl)c2)n1)C(=O)Nc1ccc(C#N)cc1. The van der Waals surface area contributed by atoms with E-state index in [1.165, 1.54) is 18.3 Å². The number of amides is 1. The number of rotatable bonds is 5. The minimum absolute atomic E-state index is 0.123. The standard InChI is InChI=1S/C20H14ClN3O3S/c1-12(18(25)23-16-7-5-13(10-22)6-8-16)27-20(26)17-11-28-19(24-17)14-3-2-4-15(21)9-14/h2-9,11-12H,1H3,(H,23,25)/t12-/m0/s1. The van der Waals surface area contributed by atoms with Crippen LogP contribution in [-0.4, -0.2) is 23.0 Å². The van der Waals surface area contributed by atoms with Gasteiger partial charge >= 0.3 is 5.97 Å². The number of hydrogen-bond acceptors (Lipinski definition) is 6. The van der Waals surface area contributed by atoms with Gasteiger partial charge < -0.3 is 10.1 Å². The first-order valence-electron chi connectivity index (χ1n) is 8.20. The maximum absolute atomic E-state index is 12.3. The molecule has 1 atom stereocenters. The van der Waals surface area contributed by atoms with Crippen molar-refractivity contribution in [3.8, 4) is 16.6 Å². The Kier molecular flexibility index (Phi) is 6.04. The lowest BCUT2D eigenvalue weighted by Gasteiger charge is -2.12. The lowest BCUT2D eigenvalue weighted by Crippen LogP contribution is -2.30. The van der Waals surface area contributed by atoms with E-state index in [2.05, 4.69) is 10.3 Å². The van der Waals surface area contributed by atoms with Gasteiger partial charge in [0.25, 0.3) is 5.91 Å². The van der Waals surface area contributed by atoms with Crippen molar-refractivity contribution in [3.05, 3.63) is 70.2 Å². The fourth-order valence-corrected chi connectivity index (χ4v) is 3.24. The number of hydrogen-bond donors (Lipinski definition) is 1. The van der Waals surface area contributed by atoms with Crippen molar-refractivity contribution in [2.45, 2.75) is 13.0 Å². The lowest BCUT2D eigenvalue weighted by atomic mass is 10.2. The molecule has 0 saturated heterocycles. The highest BCUT2D eigenvalue weighted by molar-refractivity contribution is 7.13. The van der Waals surface area contributed by atoms with Crippen LogP contribution in [0.4, 0.5) is 5.69 Å². The van der Waals surface area contributed by atoms with Crippen LogP contribution in [0.2, 0.25) is 5.02 Å². The molecule has 0 aliphatic carbocycles. The van der Waals surface area contributed by atoms with E-state index >= 15 is 0 Å². The van der Waals surface area contributed by atoms with Crippen LogP contribution in [0.25, 0.3) is 10.6 Å².